The molecule has 2 heteroatoms. The minimum absolute atomic E-state index is 0.388. The van der Waals surface area contributed by atoms with Gasteiger partial charge in [-0.05, 0) is 45.8 Å². The van der Waals surface area contributed by atoms with Crippen molar-refractivity contribution in [2.75, 3.05) is 20.1 Å². The third-order valence-corrected chi connectivity index (χ3v) is 3.18. The molecule has 0 amide bonds. The summed E-state index contributed by atoms with van der Waals surface area (Å²) < 4.78 is 0. The van der Waals surface area contributed by atoms with Crippen LogP contribution in [-0.4, -0.2) is 30.8 Å². The molecule has 14 heavy (non-hydrogen) atoms. The summed E-state index contributed by atoms with van der Waals surface area (Å²) in [5, 5.41) is 0. The maximum absolute atomic E-state index is 11.4. The summed E-state index contributed by atoms with van der Waals surface area (Å²) in [5.74, 6) is 0.896. The summed E-state index contributed by atoms with van der Waals surface area (Å²) >= 11 is 0. The highest BCUT2D eigenvalue weighted by Crippen LogP contribution is 2.24. The molecule has 0 aliphatic heterocycles. The van der Waals surface area contributed by atoms with Gasteiger partial charge in [-0.3, -0.25) is 4.79 Å². The predicted octanol–water partition coefficient (Wildman–Crippen LogP) is 2.48. The van der Waals surface area contributed by atoms with Crippen molar-refractivity contribution in [3.8, 4) is 0 Å². The first-order valence-corrected chi connectivity index (χ1v) is 5.95. The van der Waals surface area contributed by atoms with Crippen molar-refractivity contribution < 1.29 is 4.79 Å². The third kappa shape index (κ3) is 3.79. The van der Waals surface area contributed by atoms with Crippen molar-refractivity contribution in [3.05, 3.63) is 0 Å². The van der Waals surface area contributed by atoms with E-state index < -0.39 is 0 Å². The molecule has 1 unspecified atom stereocenters. The second-order valence-electron chi connectivity index (χ2n) is 4.50. The molecular weight excluding hydrogens is 174 g/mol. The Bertz CT molecular complexity index is 179. The van der Waals surface area contributed by atoms with E-state index in [-0.39, 0.29) is 0 Å². The molecule has 0 aromatic heterocycles. The zero-order chi connectivity index (χ0) is 10.4. The van der Waals surface area contributed by atoms with Gasteiger partial charge in [0.1, 0.15) is 5.78 Å². The zero-order valence-corrected chi connectivity index (χ0v) is 9.59. The molecule has 1 aliphatic rings. The van der Waals surface area contributed by atoms with E-state index >= 15 is 0 Å². The van der Waals surface area contributed by atoms with Gasteiger partial charge < -0.3 is 4.90 Å². The molecule has 0 spiro atoms. The number of carbonyl (C=O) groups excluding carboxylic acids is 1. The van der Waals surface area contributed by atoms with Gasteiger partial charge in [-0.1, -0.05) is 13.3 Å². The lowest BCUT2D eigenvalue weighted by Crippen LogP contribution is -2.23. The monoisotopic (exact) mass is 197 g/mol. The largest absolute Gasteiger partial charge is 0.306 e. The van der Waals surface area contributed by atoms with Gasteiger partial charge >= 0.3 is 0 Å². The van der Waals surface area contributed by atoms with Crippen LogP contribution in [0.1, 0.15) is 45.4 Å². The van der Waals surface area contributed by atoms with E-state index in [1.165, 1.54) is 19.4 Å². The Morgan fingerprint density at radius 2 is 2.21 bits per heavy atom. The molecule has 82 valence electrons. The Morgan fingerprint density at radius 3 is 2.79 bits per heavy atom. The van der Waals surface area contributed by atoms with Crippen molar-refractivity contribution in [1.29, 1.82) is 0 Å². The zero-order valence-electron chi connectivity index (χ0n) is 9.59. The number of hydrogen-bond acceptors (Lipinski definition) is 2. The van der Waals surface area contributed by atoms with E-state index in [0.717, 1.165) is 32.2 Å². The second kappa shape index (κ2) is 6.18. The Kier molecular flexibility index (Phi) is 5.16. The first-order chi connectivity index (χ1) is 6.74. The quantitative estimate of drug-likeness (QED) is 0.652. The number of Topliss-reactive ketones (excluding diaryl/α,β-unsaturated/α-hetero) is 1. The van der Waals surface area contributed by atoms with Crippen LogP contribution in [0, 0.1) is 5.92 Å². The average molecular weight is 197 g/mol. The molecule has 2 nitrogen and oxygen atoms in total. The predicted molar refractivity (Wildman–Crippen MR) is 59.4 cm³/mol. The molecule has 0 saturated heterocycles. The van der Waals surface area contributed by atoms with Gasteiger partial charge in [-0.15, -0.1) is 0 Å². The first kappa shape index (κ1) is 11.7. The maximum atomic E-state index is 11.4. The molecule has 1 rings (SSSR count). The lowest BCUT2D eigenvalue weighted by Gasteiger charge is -2.17. The summed E-state index contributed by atoms with van der Waals surface area (Å²) in [7, 11) is 2.16. The molecule has 0 radical (unpaired) electrons. The van der Waals surface area contributed by atoms with Crippen LogP contribution in [0.15, 0.2) is 0 Å². The van der Waals surface area contributed by atoms with Crippen LogP contribution in [-0.2, 0) is 4.79 Å². The maximum Gasteiger partial charge on any atom is 0.136 e. The second-order valence-corrected chi connectivity index (χ2v) is 4.50. The van der Waals surface area contributed by atoms with Crippen molar-refractivity contribution in [2.45, 2.75) is 45.4 Å². The number of ketones is 1. The summed E-state index contributed by atoms with van der Waals surface area (Å²) in [4.78, 5) is 13.7. The molecule has 0 bridgehead atoms. The van der Waals surface area contributed by atoms with E-state index in [1.807, 2.05) is 0 Å². The molecule has 0 aromatic carbocycles. The SMILES string of the molecule is CCCCN(C)CCC1CCCC1=O. The van der Waals surface area contributed by atoms with Gasteiger partial charge in [0.05, 0.1) is 0 Å². The van der Waals surface area contributed by atoms with Crippen LogP contribution >= 0.6 is 0 Å². The molecule has 1 atom stereocenters. The standard InChI is InChI=1S/C12H23NO/c1-3-4-9-13(2)10-8-11-6-5-7-12(11)14/h11H,3-10H2,1-2H3. The van der Waals surface area contributed by atoms with E-state index in [4.69, 9.17) is 0 Å². The molecule has 1 fully saturated rings. The van der Waals surface area contributed by atoms with Gasteiger partial charge in [0, 0.05) is 12.3 Å². The van der Waals surface area contributed by atoms with Crippen LogP contribution in [0.3, 0.4) is 0 Å². The fourth-order valence-corrected chi connectivity index (χ4v) is 2.11. The molecular formula is C12H23NO. The van der Waals surface area contributed by atoms with Crippen molar-refractivity contribution >= 4 is 5.78 Å². The summed E-state index contributed by atoms with van der Waals surface area (Å²) in [5.41, 5.74) is 0. The fraction of sp³-hybridized carbons (Fsp3) is 0.917. The molecule has 0 N–H and O–H groups in total. The highest BCUT2D eigenvalue weighted by Gasteiger charge is 2.23. The normalized spacial score (nSPS) is 22.2. The molecule has 1 aliphatic carbocycles. The lowest BCUT2D eigenvalue weighted by molar-refractivity contribution is -0.120. The van der Waals surface area contributed by atoms with Crippen LogP contribution in [0.5, 0.6) is 0 Å². The summed E-state index contributed by atoms with van der Waals surface area (Å²) in [6.07, 6.45) is 6.72. The highest BCUT2D eigenvalue weighted by molar-refractivity contribution is 5.82. The van der Waals surface area contributed by atoms with Gasteiger partial charge in [0.2, 0.25) is 0 Å². The van der Waals surface area contributed by atoms with Crippen molar-refractivity contribution in [3.63, 3.8) is 0 Å². The smallest absolute Gasteiger partial charge is 0.136 e. The Morgan fingerprint density at radius 1 is 1.43 bits per heavy atom. The minimum atomic E-state index is 0.388. The van der Waals surface area contributed by atoms with Gasteiger partial charge in [-0.2, -0.15) is 0 Å². The van der Waals surface area contributed by atoms with Crippen molar-refractivity contribution in [1.82, 2.24) is 4.90 Å². The van der Waals surface area contributed by atoms with Crippen LogP contribution in [0.2, 0.25) is 0 Å². The minimum Gasteiger partial charge on any atom is -0.306 e. The Hall–Kier alpha value is -0.370. The lowest BCUT2D eigenvalue weighted by atomic mass is 10.0. The van der Waals surface area contributed by atoms with E-state index in [9.17, 15) is 4.79 Å². The Labute approximate surface area is 87.7 Å². The molecule has 0 heterocycles. The summed E-state index contributed by atoms with van der Waals surface area (Å²) in [6.45, 7) is 4.49. The highest BCUT2D eigenvalue weighted by atomic mass is 16.1. The third-order valence-electron chi connectivity index (χ3n) is 3.18. The van der Waals surface area contributed by atoms with Gasteiger partial charge in [0.15, 0.2) is 0 Å². The first-order valence-electron chi connectivity index (χ1n) is 5.95. The fourth-order valence-electron chi connectivity index (χ4n) is 2.11. The topological polar surface area (TPSA) is 20.3 Å². The van der Waals surface area contributed by atoms with Crippen LogP contribution in [0.25, 0.3) is 0 Å². The van der Waals surface area contributed by atoms with Crippen LogP contribution < -0.4 is 0 Å². The van der Waals surface area contributed by atoms with Crippen LogP contribution in [0.4, 0.5) is 0 Å². The molecule has 0 aromatic rings. The summed E-state index contributed by atoms with van der Waals surface area (Å²) in [6, 6.07) is 0. The number of unbranched alkanes of at least 4 members (excludes halogenated alkanes) is 1. The average Bonchev–Trinajstić information content (AvgIpc) is 2.58. The van der Waals surface area contributed by atoms with Crippen molar-refractivity contribution in [2.24, 2.45) is 5.92 Å². The van der Waals surface area contributed by atoms with Gasteiger partial charge in [0.25, 0.3) is 0 Å². The number of nitrogens with zero attached hydrogens (tertiary/aromatic N) is 1. The van der Waals surface area contributed by atoms with E-state index in [1.54, 1.807) is 0 Å². The van der Waals surface area contributed by atoms with E-state index in [0.29, 0.717) is 11.7 Å². The Balaban J connectivity index is 2.10. The van der Waals surface area contributed by atoms with E-state index in [2.05, 4.69) is 18.9 Å². The van der Waals surface area contributed by atoms with Gasteiger partial charge in [-0.25, -0.2) is 0 Å². The number of rotatable bonds is 6. The molecule has 1 saturated carbocycles. The number of hydrogen-bond donors (Lipinski definition) is 0. The number of carbonyl (C=O) groups is 1.